The van der Waals surface area contributed by atoms with Crippen LogP contribution in [0.5, 0.6) is 0 Å². The summed E-state index contributed by atoms with van der Waals surface area (Å²) in [5, 5.41) is 17.9. The van der Waals surface area contributed by atoms with Crippen LogP contribution in [0.4, 0.5) is 4.39 Å². The van der Waals surface area contributed by atoms with Crippen LogP contribution in [-0.4, -0.2) is 20.1 Å². The average Bonchev–Trinajstić information content (AvgIpc) is 2.69. The maximum Gasteiger partial charge on any atom is 0.124 e. The zero-order valence-electron chi connectivity index (χ0n) is 9.14. The third-order valence-electron chi connectivity index (χ3n) is 2.39. The lowest BCUT2D eigenvalue weighted by Crippen LogP contribution is -2.04. The number of hydrogen-bond donors (Lipinski definition) is 1. The molecule has 0 amide bonds. The number of rotatable bonds is 3. The van der Waals surface area contributed by atoms with Crippen molar-refractivity contribution in [3.8, 4) is 0 Å². The minimum atomic E-state index is -0.745. The Morgan fingerprint density at radius 2 is 2.29 bits per heavy atom. The first kappa shape index (κ1) is 12.2. The molecule has 0 aliphatic heterocycles. The number of halogens is 2. The van der Waals surface area contributed by atoms with E-state index >= 15 is 0 Å². The third kappa shape index (κ3) is 2.89. The van der Waals surface area contributed by atoms with Crippen molar-refractivity contribution in [1.82, 2.24) is 15.0 Å². The molecule has 1 N–H and O–H groups in total. The molecule has 1 aromatic carbocycles. The molecule has 17 heavy (non-hydrogen) atoms. The highest BCUT2D eigenvalue weighted by Gasteiger charge is 2.14. The molecule has 2 rings (SSSR count). The summed E-state index contributed by atoms with van der Waals surface area (Å²) < 4.78 is 13.5. The van der Waals surface area contributed by atoms with Crippen LogP contribution in [0.1, 0.15) is 17.4 Å². The van der Waals surface area contributed by atoms with Gasteiger partial charge in [0.1, 0.15) is 17.6 Å². The van der Waals surface area contributed by atoms with Gasteiger partial charge in [-0.25, -0.2) is 4.39 Å². The van der Waals surface area contributed by atoms with Gasteiger partial charge in [-0.15, -0.1) is 0 Å². The summed E-state index contributed by atoms with van der Waals surface area (Å²) in [6, 6.07) is 4.38. The molecule has 1 aromatic heterocycles. The lowest BCUT2D eigenvalue weighted by atomic mass is 10.1. The van der Waals surface area contributed by atoms with E-state index in [1.54, 1.807) is 13.1 Å². The number of aliphatic hydroxyl groups excluding tert-OH is 1. The Bertz CT molecular complexity index is 529. The van der Waals surface area contributed by atoms with E-state index in [1.807, 2.05) is 0 Å². The number of hydrogen-bond acceptors (Lipinski definition) is 3. The minimum Gasteiger partial charge on any atom is -0.386 e. The van der Waals surface area contributed by atoms with E-state index in [1.165, 1.54) is 23.1 Å². The molecule has 0 aliphatic rings. The Balaban J connectivity index is 2.15. The van der Waals surface area contributed by atoms with Crippen LogP contribution < -0.4 is 0 Å². The zero-order chi connectivity index (χ0) is 12.4. The number of benzene rings is 1. The topological polar surface area (TPSA) is 50.9 Å². The van der Waals surface area contributed by atoms with Gasteiger partial charge in [-0.2, -0.15) is 15.0 Å². The van der Waals surface area contributed by atoms with Crippen LogP contribution >= 0.6 is 15.9 Å². The molecular formula is C11H11BrFN3O. The number of nitrogens with zero attached hydrogens (tertiary/aromatic N) is 3. The first-order chi connectivity index (χ1) is 8.06. The molecule has 6 heteroatoms. The predicted octanol–water partition coefficient (Wildman–Crippen LogP) is 1.99. The van der Waals surface area contributed by atoms with Crippen molar-refractivity contribution >= 4 is 15.9 Å². The van der Waals surface area contributed by atoms with Gasteiger partial charge in [0.2, 0.25) is 0 Å². The molecule has 2 aromatic rings. The van der Waals surface area contributed by atoms with Gasteiger partial charge in [0.25, 0.3) is 0 Å². The summed E-state index contributed by atoms with van der Waals surface area (Å²) in [7, 11) is 1.68. The summed E-state index contributed by atoms with van der Waals surface area (Å²) in [5.74, 6) is -0.311. The molecule has 0 aliphatic carbocycles. The first-order valence-electron chi connectivity index (χ1n) is 5.04. The summed E-state index contributed by atoms with van der Waals surface area (Å²) in [4.78, 5) is 1.39. The highest BCUT2D eigenvalue weighted by Crippen LogP contribution is 2.23. The van der Waals surface area contributed by atoms with Crippen molar-refractivity contribution in [2.75, 3.05) is 0 Å². The largest absolute Gasteiger partial charge is 0.386 e. The van der Waals surface area contributed by atoms with Crippen LogP contribution in [0, 0.1) is 5.82 Å². The van der Waals surface area contributed by atoms with Crippen molar-refractivity contribution in [3.05, 3.63) is 45.9 Å². The monoisotopic (exact) mass is 299 g/mol. The van der Waals surface area contributed by atoms with Crippen LogP contribution in [-0.2, 0) is 13.5 Å². The number of aliphatic hydroxyl groups is 1. The molecule has 1 heterocycles. The molecule has 0 fully saturated rings. The second kappa shape index (κ2) is 4.93. The highest BCUT2D eigenvalue weighted by atomic mass is 79.9. The van der Waals surface area contributed by atoms with E-state index in [-0.39, 0.29) is 5.82 Å². The highest BCUT2D eigenvalue weighted by molar-refractivity contribution is 9.10. The molecule has 0 bridgehead atoms. The maximum atomic E-state index is 12.9. The average molecular weight is 300 g/mol. The minimum absolute atomic E-state index is 0.311. The maximum absolute atomic E-state index is 12.9. The molecule has 0 saturated carbocycles. The normalized spacial score (nSPS) is 12.7. The van der Waals surface area contributed by atoms with Crippen molar-refractivity contribution in [2.45, 2.75) is 12.5 Å². The molecule has 90 valence electrons. The Hall–Kier alpha value is -1.27. The second-order valence-electron chi connectivity index (χ2n) is 3.71. The summed E-state index contributed by atoms with van der Waals surface area (Å²) in [6.07, 6.45) is 1.13. The molecule has 4 nitrogen and oxygen atoms in total. The number of aryl methyl sites for hydroxylation is 1. The fourth-order valence-electron chi connectivity index (χ4n) is 1.51. The fraction of sp³-hybridized carbons (Fsp3) is 0.273. The number of aromatic nitrogens is 3. The van der Waals surface area contributed by atoms with Crippen molar-refractivity contribution in [2.24, 2.45) is 7.05 Å². The van der Waals surface area contributed by atoms with E-state index in [4.69, 9.17) is 0 Å². The molecule has 1 atom stereocenters. The smallest absolute Gasteiger partial charge is 0.124 e. The van der Waals surface area contributed by atoms with Crippen LogP contribution in [0.3, 0.4) is 0 Å². The van der Waals surface area contributed by atoms with Gasteiger partial charge in [0.05, 0.1) is 6.20 Å². The third-order valence-corrected chi connectivity index (χ3v) is 3.13. The van der Waals surface area contributed by atoms with E-state index in [2.05, 4.69) is 26.1 Å². The molecule has 0 spiro atoms. The van der Waals surface area contributed by atoms with Gasteiger partial charge in [-0.1, -0.05) is 22.0 Å². The van der Waals surface area contributed by atoms with Gasteiger partial charge < -0.3 is 5.11 Å². The Labute approximate surface area is 106 Å². The second-order valence-corrected chi connectivity index (χ2v) is 4.57. The molecular weight excluding hydrogens is 289 g/mol. The van der Waals surface area contributed by atoms with Gasteiger partial charge in [-0.3, -0.25) is 0 Å². The predicted molar refractivity (Wildman–Crippen MR) is 63.8 cm³/mol. The summed E-state index contributed by atoms with van der Waals surface area (Å²) >= 11 is 3.26. The van der Waals surface area contributed by atoms with Crippen molar-refractivity contribution < 1.29 is 9.50 Å². The lowest BCUT2D eigenvalue weighted by Gasteiger charge is -2.09. The summed E-state index contributed by atoms with van der Waals surface area (Å²) in [6.45, 7) is 0. The zero-order valence-corrected chi connectivity index (χ0v) is 10.7. The van der Waals surface area contributed by atoms with Crippen LogP contribution in [0.15, 0.2) is 28.9 Å². The van der Waals surface area contributed by atoms with E-state index < -0.39 is 6.10 Å². The van der Waals surface area contributed by atoms with Crippen LogP contribution in [0.25, 0.3) is 0 Å². The first-order valence-corrected chi connectivity index (χ1v) is 5.84. The summed E-state index contributed by atoms with van der Waals surface area (Å²) in [5.41, 5.74) is 1.33. The Morgan fingerprint density at radius 1 is 1.53 bits per heavy atom. The lowest BCUT2D eigenvalue weighted by molar-refractivity contribution is 0.172. The van der Waals surface area contributed by atoms with Crippen molar-refractivity contribution in [1.29, 1.82) is 0 Å². The van der Waals surface area contributed by atoms with Gasteiger partial charge in [0, 0.05) is 17.9 Å². The quantitative estimate of drug-likeness (QED) is 0.943. The SMILES string of the molecule is Cn1ncc(C(O)Cc2ccc(F)cc2Br)n1. The Kier molecular flexibility index (Phi) is 3.54. The van der Waals surface area contributed by atoms with Gasteiger partial charge >= 0.3 is 0 Å². The molecule has 1 unspecified atom stereocenters. The molecule has 0 saturated heterocycles. The van der Waals surface area contributed by atoms with E-state index in [9.17, 15) is 9.50 Å². The van der Waals surface area contributed by atoms with Gasteiger partial charge in [0.15, 0.2) is 0 Å². The Morgan fingerprint density at radius 3 is 2.88 bits per heavy atom. The van der Waals surface area contributed by atoms with Gasteiger partial charge in [-0.05, 0) is 17.7 Å². The van der Waals surface area contributed by atoms with E-state index in [0.717, 1.165) is 5.56 Å². The fourth-order valence-corrected chi connectivity index (χ4v) is 2.03. The van der Waals surface area contributed by atoms with E-state index in [0.29, 0.717) is 16.6 Å². The molecule has 0 radical (unpaired) electrons. The standard InChI is InChI=1S/C11H11BrFN3O/c1-16-14-6-10(15-16)11(17)4-7-2-3-8(13)5-9(7)12/h2-3,5-6,11,17H,4H2,1H3. The van der Waals surface area contributed by atoms with Crippen molar-refractivity contribution in [3.63, 3.8) is 0 Å². The van der Waals surface area contributed by atoms with Crippen LogP contribution in [0.2, 0.25) is 0 Å².